The normalized spacial score (nSPS) is 12.3. The predicted molar refractivity (Wildman–Crippen MR) is 75.9 cm³/mol. The Morgan fingerprint density at radius 3 is 2.16 bits per heavy atom. The van der Waals surface area contributed by atoms with Crippen LogP contribution in [0.5, 0.6) is 0 Å². The highest BCUT2D eigenvalue weighted by molar-refractivity contribution is 5.69. The largest absolute Gasteiger partial charge is 0.476 e. The summed E-state index contributed by atoms with van der Waals surface area (Å²) in [5.41, 5.74) is 0. The molecule has 0 aromatic carbocycles. The van der Waals surface area contributed by atoms with Crippen LogP contribution in [0.1, 0.15) is 64.3 Å². The van der Waals surface area contributed by atoms with Crippen molar-refractivity contribution in [2.45, 2.75) is 64.3 Å². The maximum atomic E-state index is 11.3. The van der Waals surface area contributed by atoms with E-state index in [2.05, 4.69) is 6.92 Å². The van der Waals surface area contributed by atoms with Gasteiger partial charge in [0.05, 0.1) is 0 Å². The van der Waals surface area contributed by atoms with Crippen LogP contribution < -0.4 is 4.57 Å². The second-order valence-electron chi connectivity index (χ2n) is 5.09. The Labute approximate surface area is 116 Å². The molecule has 0 fully saturated rings. The number of carbonyl (C=O) groups is 1. The van der Waals surface area contributed by atoms with Crippen molar-refractivity contribution in [3.8, 4) is 0 Å². The van der Waals surface area contributed by atoms with E-state index in [0.717, 1.165) is 19.3 Å². The molecule has 0 bridgehead atoms. The van der Waals surface area contributed by atoms with E-state index >= 15 is 0 Å². The predicted octanol–water partition coefficient (Wildman–Crippen LogP) is 3.74. The number of aliphatic carboxylic acids is 1. The number of unbranched alkanes of at least 4 members (excludes halogenated alkanes) is 6. The molecule has 1 aromatic rings. The molecule has 0 spiro atoms. The van der Waals surface area contributed by atoms with Crippen molar-refractivity contribution < 1.29 is 14.5 Å². The Morgan fingerprint density at radius 1 is 1.00 bits per heavy atom. The van der Waals surface area contributed by atoms with Gasteiger partial charge in [-0.1, -0.05) is 51.5 Å². The third kappa shape index (κ3) is 6.37. The molecule has 0 aliphatic carbocycles. The van der Waals surface area contributed by atoms with Crippen molar-refractivity contribution in [1.29, 1.82) is 0 Å². The first-order valence-corrected chi connectivity index (χ1v) is 7.44. The summed E-state index contributed by atoms with van der Waals surface area (Å²) in [4.78, 5) is 11.3. The average Bonchev–Trinajstić information content (AvgIpc) is 2.42. The number of pyridine rings is 1. The second-order valence-corrected chi connectivity index (χ2v) is 5.09. The van der Waals surface area contributed by atoms with Crippen molar-refractivity contribution in [1.82, 2.24) is 0 Å². The molecule has 0 amide bonds. The fraction of sp³-hybridized carbons (Fsp3) is 0.625. The molecule has 0 radical (unpaired) electrons. The number of nitrogens with zero attached hydrogens (tertiary/aromatic N) is 1. The fourth-order valence-corrected chi connectivity index (χ4v) is 2.31. The third-order valence-corrected chi connectivity index (χ3v) is 3.46. The van der Waals surface area contributed by atoms with Crippen LogP contribution in [0.15, 0.2) is 30.6 Å². The Bertz CT molecular complexity index is 351. The van der Waals surface area contributed by atoms with Crippen LogP contribution in [-0.2, 0) is 4.79 Å². The summed E-state index contributed by atoms with van der Waals surface area (Å²) >= 11 is 0. The molecule has 3 heteroatoms. The summed E-state index contributed by atoms with van der Waals surface area (Å²) in [6, 6.07) is 5.24. The van der Waals surface area contributed by atoms with Gasteiger partial charge in [-0.15, -0.1) is 0 Å². The summed E-state index contributed by atoms with van der Waals surface area (Å²) < 4.78 is 1.79. The molecule has 0 saturated carbocycles. The van der Waals surface area contributed by atoms with Crippen LogP contribution in [0.2, 0.25) is 0 Å². The summed E-state index contributed by atoms with van der Waals surface area (Å²) in [6.07, 6.45) is 12.9. The maximum Gasteiger partial charge on any atom is 0.373 e. The summed E-state index contributed by atoms with van der Waals surface area (Å²) in [6.45, 7) is 2.22. The van der Waals surface area contributed by atoms with E-state index in [4.69, 9.17) is 0 Å². The number of hydrogen-bond donors (Lipinski definition) is 1. The lowest BCUT2D eigenvalue weighted by Gasteiger charge is -2.07. The van der Waals surface area contributed by atoms with Gasteiger partial charge in [0.2, 0.25) is 0 Å². The molecular weight excluding hydrogens is 238 g/mol. The molecule has 106 valence electrons. The van der Waals surface area contributed by atoms with E-state index in [1.54, 1.807) is 4.57 Å². The average molecular weight is 264 g/mol. The number of aromatic nitrogens is 1. The quantitative estimate of drug-likeness (QED) is 0.516. The van der Waals surface area contributed by atoms with Crippen LogP contribution in [0.4, 0.5) is 0 Å². The van der Waals surface area contributed by atoms with E-state index < -0.39 is 12.0 Å². The van der Waals surface area contributed by atoms with Crippen molar-refractivity contribution in [2.75, 3.05) is 0 Å². The monoisotopic (exact) mass is 264 g/mol. The van der Waals surface area contributed by atoms with E-state index in [0.29, 0.717) is 0 Å². The minimum absolute atomic E-state index is 0.420. The topological polar surface area (TPSA) is 41.2 Å². The van der Waals surface area contributed by atoms with Gasteiger partial charge in [-0.25, -0.2) is 4.79 Å². The Balaban J connectivity index is 2.26. The lowest BCUT2D eigenvalue weighted by Crippen LogP contribution is -2.43. The standard InChI is InChI=1S/C16H25NO2/c1-2-3-4-5-6-7-9-12-15(16(18)19)17-13-10-8-11-14-17/h8,10-11,13-15H,2-7,9,12H2,1H3/p+1. The zero-order valence-corrected chi connectivity index (χ0v) is 11.9. The number of carboxylic acid groups (broad SMARTS) is 1. The van der Waals surface area contributed by atoms with Crippen LogP contribution in [0, 0.1) is 0 Å². The maximum absolute atomic E-state index is 11.3. The molecule has 0 aliphatic rings. The van der Waals surface area contributed by atoms with Gasteiger partial charge in [-0.2, -0.15) is 4.57 Å². The van der Waals surface area contributed by atoms with Crippen molar-refractivity contribution in [3.05, 3.63) is 30.6 Å². The number of carboxylic acids is 1. The first-order valence-electron chi connectivity index (χ1n) is 7.44. The van der Waals surface area contributed by atoms with Gasteiger partial charge < -0.3 is 5.11 Å². The Morgan fingerprint density at radius 2 is 1.58 bits per heavy atom. The van der Waals surface area contributed by atoms with Gasteiger partial charge in [0.1, 0.15) is 0 Å². The SMILES string of the molecule is CCCCCCCCCC(C(=O)O)[n+]1ccccc1. The Kier molecular flexibility index (Phi) is 7.87. The molecule has 0 aliphatic heterocycles. The highest BCUT2D eigenvalue weighted by atomic mass is 16.4. The first kappa shape index (κ1) is 15.7. The van der Waals surface area contributed by atoms with Gasteiger partial charge in [0, 0.05) is 18.6 Å². The van der Waals surface area contributed by atoms with Crippen LogP contribution in [0.3, 0.4) is 0 Å². The molecular formula is C16H26NO2+. The molecule has 19 heavy (non-hydrogen) atoms. The van der Waals surface area contributed by atoms with E-state index in [1.165, 1.54) is 32.1 Å². The third-order valence-electron chi connectivity index (χ3n) is 3.46. The number of hydrogen-bond acceptors (Lipinski definition) is 1. The van der Waals surface area contributed by atoms with Crippen molar-refractivity contribution in [3.63, 3.8) is 0 Å². The van der Waals surface area contributed by atoms with Gasteiger partial charge in [0.15, 0.2) is 12.4 Å². The van der Waals surface area contributed by atoms with Gasteiger partial charge in [-0.05, 0) is 6.42 Å². The minimum Gasteiger partial charge on any atom is -0.476 e. The molecule has 1 atom stereocenters. The molecule has 1 N–H and O–H groups in total. The smallest absolute Gasteiger partial charge is 0.373 e. The molecule has 3 nitrogen and oxygen atoms in total. The van der Waals surface area contributed by atoms with Crippen LogP contribution in [0.25, 0.3) is 0 Å². The first-order chi connectivity index (χ1) is 9.25. The zero-order chi connectivity index (χ0) is 13.9. The molecule has 1 unspecified atom stereocenters. The van der Waals surface area contributed by atoms with E-state index in [9.17, 15) is 9.90 Å². The fourth-order valence-electron chi connectivity index (χ4n) is 2.31. The minimum atomic E-state index is -0.734. The summed E-state index contributed by atoms with van der Waals surface area (Å²) in [5, 5.41) is 9.28. The molecule has 0 saturated heterocycles. The van der Waals surface area contributed by atoms with Crippen molar-refractivity contribution >= 4 is 5.97 Å². The highest BCUT2D eigenvalue weighted by Crippen LogP contribution is 2.13. The van der Waals surface area contributed by atoms with Crippen LogP contribution >= 0.6 is 0 Å². The second kappa shape index (κ2) is 9.54. The molecule has 1 aromatic heterocycles. The highest BCUT2D eigenvalue weighted by Gasteiger charge is 2.25. The van der Waals surface area contributed by atoms with Crippen LogP contribution in [-0.4, -0.2) is 11.1 Å². The van der Waals surface area contributed by atoms with Gasteiger partial charge in [0.25, 0.3) is 6.04 Å². The summed E-state index contributed by atoms with van der Waals surface area (Å²) in [7, 11) is 0. The van der Waals surface area contributed by atoms with Crippen molar-refractivity contribution in [2.24, 2.45) is 0 Å². The lowest BCUT2D eigenvalue weighted by atomic mass is 10.0. The lowest BCUT2D eigenvalue weighted by molar-refractivity contribution is -0.711. The van der Waals surface area contributed by atoms with E-state index in [-0.39, 0.29) is 0 Å². The van der Waals surface area contributed by atoms with Gasteiger partial charge in [-0.3, -0.25) is 0 Å². The Hall–Kier alpha value is -1.38. The van der Waals surface area contributed by atoms with Gasteiger partial charge >= 0.3 is 5.97 Å². The number of rotatable bonds is 10. The van der Waals surface area contributed by atoms with E-state index in [1.807, 2.05) is 30.6 Å². The zero-order valence-electron chi connectivity index (χ0n) is 11.9. The molecule has 1 rings (SSSR count). The summed E-state index contributed by atoms with van der Waals surface area (Å²) in [5.74, 6) is -0.734. The molecule has 1 heterocycles.